The fourth-order valence-electron chi connectivity index (χ4n) is 9.37. The van der Waals surface area contributed by atoms with E-state index in [4.69, 9.17) is 15.5 Å². The maximum Gasteiger partial charge on any atom is 0.220 e. The second kappa shape index (κ2) is 10.5. The topological polar surface area (TPSA) is 62.4 Å². The predicted molar refractivity (Wildman–Crippen MR) is 209 cm³/mol. The van der Waals surface area contributed by atoms with E-state index in [0.29, 0.717) is 12.5 Å². The fourth-order valence-corrected chi connectivity index (χ4v) is 9.37. The number of hydrogen-bond donors (Lipinski definition) is 1. The molecule has 0 saturated heterocycles. The van der Waals surface area contributed by atoms with E-state index in [1.54, 1.807) is 0 Å². The highest BCUT2D eigenvalue weighted by Gasteiger charge is 2.74. The number of benzene rings is 4. The molecule has 0 amide bonds. The van der Waals surface area contributed by atoms with Gasteiger partial charge in [0.2, 0.25) is 5.78 Å². The predicted octanol–water partition coefficient (Wildman–Crippen LogP) is 9.18. The molecule has 252 valence electrons. The van der Waals surface area contributed by atoms with Gasteiger partial charge in [0, 0.05) is 47.4 Å². The Morgan fingerprint density at radius 2 is 1.83 bits per heavy atom. The van der Waals surface area contributed by atoms with Crippen LogP contribution in [0.2, 0.25) is 0 Å². The Balaban J connectivity index is 1.05. The largest absolute Gasteiger partial charge is 0.482 e. The van der Waals surface area contributed by atoms with Gasteiger partial charge < -0.3 is 15.0 Å². The average molecular weight is 676 g/mol. The molecule has 0 radical (unpaired) electrons. The van der Waals surface area contributed by atoms with Gasteiger partial charge in [0.05, 0.1) is 27.7 Å². The molecule has 6 heteroatoms. The second-order valence-corrected chi connectivity index (χ2v) is 14.8. The second-order valence-electron chi connectivity index (χ2n) is 14.8. The number of para-hydroxylation sites is 3. The number of aromatic nitrogens is 4. The highest BCUT2D eigenvalue weighted by atomic mass is 16.5. The van der Waals surface area contributed by atoms with E-state index in [-0.39, 0.29) is 11.0 Å². The minimum absolute atomic E-state index is 0.219. The van der Waals surface area contributed by atoms with Crippen molar-refractivity contribution in [3.8, 4) is 29.0 Å². The number of hydrogen-bond acceptors (Lipinski definition) is 3. The summed E-state index contributed by atoms with van der Waals surface area (Å²) in [6.45, 7) is 4.99. The van der Waals surface area contributed by atoms with Gasteiger partial charge in [-0.1, -0.05) is 67.5 Å². The van der Waals surface area contributed by atoms with Crippen molar-refractivity contribution in [3.05, 3.63) is 149 Å². The van der Waals surface area contributed by atoms with Gasteiger partial charge in [-0.2, -0.15) is 0 Å². The summed E-state index contributed by atoms with van der Waals surface area (Å²) < 4.78 is 13.7. The van der Waals surface area contributed by atoms with Gasteiger partial charge in [0.25, 0.3) is 0 Å². The van der Waals surface area contributed by atoms with Crippen LogP contribution in [0.4, 0.5) is 0 Å². The van der Waals surface area contributed by atoms with Gasteiger partial charge in [-0.25, -0.2) is 4.98 Å². The van der Waals surface area contributed by atoms with Gasteiger partial charge in [0.1, 0.15) is 17.0 Å². The molecule has 4 aromatic carbocycles. The van der Waals surface area contributed by atoms with Crippen molar-refractivity contribution < 1.29 is 4.74 Å². The third-order valence-corrected chi connectivity index (χ3v) is 12.0. The van der Waals surface area contributed by atoms with E-state index >= 15 is 0 Å². The molecule has 2 N–H and O–H groups in total. The number of nitrogens with zero attached hydrogens (tertiary/aromatic N) is 4. The number of rotatable bonds is 5. The minimum atomic E-state index is -0.336. The van der Waals surface area contributed by atoms with E-state index in [1.807, 2.05) is 12.1 Å². The lowest BCUT2D eigenvalue weighted by molar-refractivity contribution is 0.235. The molecule has 6 nitrogen and oxygen atoms in total. The molecule has 1 aliphatic heterocycles. The number of ether oxygens (including phenoxy) is 1. The molecule has 52 heavy (non-hydrogen) atoms. The maximum absolute atomic E-state index is 6.78. The van der Waals surface area contributed by atoms with E-state index in [2.05, 4.69) is 148 Å². The van der Waals surface area contributed by atoms with Gasteiger partial charge in [0.15, 0.2) is 0 Å². The standard InChI is InChI=1S/C46H37N5O/c1-29-11-6-8-16-41-43(29)35-25-31(18-20-39(35)50(41)33-12-4-3-5-13-33)32-22-23-46-28-45(46,27-32)36-26-34(19-21-42(36)52-46)49-30(2)38(17-10-24-47)51-40-15-9-7-14-37(40)48-44(49)51/h3-5,7,9-10,12-15,17-23,25-27,29H,6,11,24,28,47H2,1-2H3/b17-10-/t29?,45-,46?/m0/s1. The quantitative estimate of drug-likeness (QED) is 0.185. The molecule has 0 bridgehead atoms. The van der Waals surface area contributed by atoms with E-state index in [0.717, 1.165) is 70.3 Å². The summed E-state index contributed by atoms with van der Waals surface area (Å²) in [4.78, 5) is 5.12. The smallest absolute Gasteiger partial charge is 0.220 e. The molecule has 0 spiro atoms. The van der Waals surface area contributed by atoms with Gasteiger partial charge in [-0.15, -0.1) is 0 Å². The highest BCUT2D eigenvalue weighted by Crippen LogP contribution is 2.70. The van der Waals surface area contributed by atoms with Crippen LogP contribution in [0.1, 0.15) is 65.9 Å². The summed E-state index contributed by atoms with van der Waals surface area (Å²) in [7, 11) is 0. The summed E-state index contributed by atoms with van der Waals surface area (Å²) >= 11 is 0. The lowest BCUT2D eigenvalue weighted by Crippen LogP contribution is -2.22. The Bertz CT molecular complexity index is 2830. The molecule has 4 heterocycles. The third kappa shape index (κ3) is 3.86. The minimum Gasteiger partial charge on any atom is -0.482 e. The fraction of sp³-hybridized carbons (Fsp3) is 0.196. The van der Waals surface area contributed by atoms with Crippen LogP contribution in [-0.4, -0.2) is 30.7 Å². The van der Waals surface area contributed by atoms with Crippen molar-refractivity contribution in [2.24, 2.45) is 5.73 Å². The van der Waals surface area contributed by atoms with Crippen molar-refractivity contribution in [2.45, 2.75) is 50.0 Å². The molecule has 7 aromatic rings. The Kier molecular flexibility index (Phi) is 6.00. The van der Waals surface area contributed by atoms with E-state index in [9.17, 15) is 0 Å². The molecule has 3 aliphatic carbocycles. The van der Waals surface area contributed by atoms with Crippen molar-refractivity contribution >= 4 is 39.4 Å². The zero-order valence-corrected chi connectivity index (χ0v) is 29.2. The van der Waals surface area contributed by atoms with Crippen molar-refractivity contribution in [1.29, 1.82) is 0 Å². The van der Waals surface area contributed by atoms with E-state index in [1.165, 1.54) is 33.2 Å². The molecule has 1 fully saturated rings. The first kappa shape index (κ1) is 29.7. The maximum atomic E-state index is 6.78. The molecule has 4 aliphatic rings. The van der Waals surface area contributed by atoms with Crippen LogP contribution in [-0.2, 0) is 5.41 Å². The Morgan fingerprint density at radius 3 is 2.71 bits per heavy atom. The van der Waals surface area contributed by atoms with Crippen LogP contribution in [0.25, 0.3) is 50.7 Å². The number of imidazole rings is 2. The van der Waals surface area contributed by atoms with Crippen LogP contribution in [0.5, 0.6) is 5.75 Å². The van der Waals surface area contributed by atoms with Crippen molar-refractivity contribution in [3.63, 3.8) is 0 Å². The van der Waals surface area contributed by atoms with Crippen molar-refractivity contribution in [2.75, 3.05) is 6.54 Å². The third-order valence-electron chi connectivity index (χ3n) is 12.0. The number of allylic oxidation sites excluding steroid dienone is 2. The normalized spacial score (nSPS) is 22.4. The van der Waals surface area contributed by atoms with Gasteiger partial charge in [-0.05, 0) is 109 Å². The highest BCUT2D eigenvalue weighted by molar-refractivity contribution is 5.94. The summed E-state index contributed by atoms with van der Waals surface area (Å²) in [5.74, 6) is 9.28. The molecular weight excluding hydrogens is 639 g/mol. The monoisotopic (exact) mass is 675 g/mol. The van der Waals surface area contributed by atoms with Gasteiger partial charge >= 0.3 is 0 Å². The molecule has 1 saturated carbocycles. The Labute approximate surface area is 302 Å². The Morgan fingerprint density at radius 1 is 0.962 bits per heavy atom. The molecule has 11 rings (SSSR count). The van der Waals surface area contributed by atoms with Crippen LogP contribution in [0.15, 0.2) is 115 Å². The average Bonchev–Trinajstić information content (AvgIpc) is 3.31. The first-order chi connectivity index (χ1) is 25.5. The first-order valence-corrected chi connectivity index (χ1v) is 18.3. The molecule has 3 aromatic heterocycles. The zero-order valence-electron chi connectivity index (χ0n) is 29.2. The van der Waals surface area contributed by atoms with Crippen LogP contribution < -0.4 is 10.5 Å². The molecule has 2 unspecified atom stereocenters. The molecular formula is C46H37N5O. The summed E-state index contributed by atoms with van der Waals surface area (Å²) in [6, 6.07) is 32.6. The first-order valence-electron chi connectivity index (χ1n) is 18.3. The van der Waals surface area contributed by atoms with Crippen molar-refractivity contribution in [1.82, 2.24) is 18.5 Å². The lowest BCUT2D eigenvalue weighted by Gasteiger charge is -2.18. The van der Waals surface area contributed by atoms with Gasteiger partial charge in [-0.3, -0.25) is 8.97 Å². The van der Waals surface area contributed by atoms with Crippen LogP contribution >= 0.6 is 0 Å². The zero-order chi connectivity index (χ0) is 34.8. The summed E-state index contributed by atoms with van der Waals surface area (Å²) in [5, 5.41) is 1.29. The lowest BCUT2D eigenvalue weighted by atomic mass is 9.85. The summed E-state index contributed by atoms with van der Waals surface area (Å²) in [6.07, 6.45) is 14.1. The van der Waals surface area contributed by atoms with E-state index < -0.39 is 0 Å². The Hall–Kier alpha value is -6.03. The SMILES string of the molecule is Cc1c(/C=C\CN)n2c3ccccc3nc2n1-c1ccc2c(c1)[C@@]13C=C(c4ccc5c(c4)c4c(n5-c5ccccc5)C#CCCC4C)C=CC1(C3)O2. The number of fused-ring (bicyclic) bond motifs is 7. The molecule has 3 atom stereocenters. The van der Waals surface area contributed by atoms with Crippen LogP contribution in [0.3, 0.4) is 0 Å². The number of nitrogens with two attached hydrogens (primary N) is 1. The summed E-state index contributed by atoms with van der Waals surface area (Å²) in [5.41, 5.74) is 19.3. The van der Waals surface area contributed by atoms with Crippen LogP contribution in [0, 0.1) is 18.8 Å².